The van der Waals surface area contributed by atoms with Crippen LogP contribution in [0.4, 0.5) is 0 Å². The minimum atomic E-state index is -1.41. The van der Waals surface area contributed by atoms with Crippen molar-refractivity contribution >= 4 is 58.0 Å². The molecule has 1 heterocycles. The van der Waals surface area contributed by atoms with Crippen LogP contribution in [0, 0.1) is 0 Å². The molecule has 0 aromatic carbocycles. The summed E-state index contributed by atoms with van der Waals surface area (Å²) in [5.74, 6) is 0. The zero-order valence-electron chi connectivity index (χ0n) is 7.54. The molecule has 1 atom stereocenters. The third kappa shape index (κ3) is 4.08. The standard InChI is InChI=1S/C9H8Cl5N/c1-6(5-9(12,13)14)8(11)4-2-3-7(10)15-8/h2-4,15H,1,5H2. The van der Waals surface area contributed by atoms with E-state index in [0.717, 1.165) is 0 Å². The van der Waals surface area contributed by atoms with E-state index < -0.39 is 8.79 Å². The van der Waals surface area contributed by atoms with Gasteiger partial charge in [-0.3, -0.25) is 0 Å². The maximum absolute atomic E-state index is 6.23. The van der Waals surface area contributed by atoms with Crippen LogP contribution in [-0.4, -0.2) is 8.79 Å². The van der Waals surface area contributed by atoms with Gasteiger partial charge in [-0.15, -0.1) is 0 Å². The van der Waals surface area contributed by atoms with Crippen molar-refractivity contribution in [1.82, 2.24) is 5.32 Å². The van der Waals surface area contributed by atoms with Gasteiger partial charge in [-0.1, -0.05) is 70.7 Å². The van der Waals surface area contributed by atoms with E-state index in [2.05, 4.69) is 11.9 Å². The second-order valence-electron chi connectivity index (χ2n) is 3.11. The second-order valence-corrected chi connectivity index (χ2v) is 6.63. The van der Waals surface area contributed by atoms with E-state index in [1.54, 1.807) is 18.2 Å². The van der Waals surface area contributed by atoms with Crippen LogP contribution in [0.3, 0.4) is 0 Å². The molecule has 0 aromatic rings. The van der Waals surface area contributed by atoms with Gasteiger partial charge < -0.3 is 5.32 Å². The maximum Gasteiger partial charge on any atom is 0.194 e. The van der Waals surface area contributed by atoms with Crippen molar-refractivity contribution in [3.05, 3.63) is 35.5 Å². The number of halogens is 5. The fourth-order valence-corrected chi connectivity index (χ4v) is 2.09. The Labute approximate surface area is 114 Å². The summed E-state index contributed by atoms with van der Waals surface area (Å²) in [7, 11) is 0. The number of hydrogen-bond donors (Lipinski definition) is 1. The van der Waals surface area contributed by atoms with Gasteiger partial charge in [-0.05, 0) is 17.7 Å². The van der Waals surface area contributed by atoms with Crippen LogP contribution in [0.1, 0.15) is 6.42 Å². The molecule has 6 heteroatoms. The minimum absolute atomic E-state index is 0.142. The zero-order chi connectivity index (χ0) is 11.7. The lowest BCUT2D eigenvalue weighted by atomic mass is 10.0. The molecule has 1 aliphatic heterocycles. The average molecular weight is 307 g/mol. The number of hydrogen-bond acceptors (Lipinski definition) is 1. The molecular formula is C9H8Cl5N. The molecule has 0 spiro atoms. The first kappa shape index (κ1) is 13.5. The number of nitrogens with one attached hydrogen (secondary N) is 1. The van der Waals surface area contributed by atoms with Crippen LogP contribution in [0.15, 0.2) is 35.5 Å². The van der Waals surface area contributed by atoms with Gasteiger partial charge in [0.25, 0.3) is 0 Å². The summed E-state index contributed by atoms with van der Waals surface area (Å²) in [6.45, 7) is 3.79. The average Bonchev–Trinajstić information content (AvgIpc) is 2.00. The third-order valence-electron chi connectivity index (χ3n) is 1.80. The molecule has 1 unspecified atom stereocenters. The number of alkyl halides is 4. The zero-order valence-corrected chi connectivity index (χ0v) is 11.3. The lowest BCUT2D eigenvalue weighted by Crippen LogP contribution is -2.40. The Bertz CT molecular complexity index is 328. The van der Waals surface area contributed by atoms with Crippen molar-refractivity contribution in [2.24, 2.45) is 0 Å². The summed E-state index contributed by atoms with van der Waals surface area (Å²) in [6.07, 6.45) is 5.22. The Morgan fingerprint density at radius 1 is 1.47 bits per heavy atom. The second kappa shape index (κ2) is 4.77. The van der Waals surface area contributed by atoms with Gasteiger partial charge >= 0.3 is 0 Å². The molecular weight excluding hydrogens is 299 g/mol. The van der Waals surface area contributed by atoms with Crippen LogP contribution in [0.25, 0.3) is 0 Å². The van der Waals surface area contributed by atoms with E-state index in [-0.39, 0.29) is 6.42 Å². The summed E-state index contributed by atoms with van der Waals surface area (Å²) in [5, 5.41) is 3.26. The van der Waals surface area contributed by atoms with Crippen molar-refractivity contribution < 1.29 is 0 Å². The fourth-order valence-electron chi connectivity index (χ4n) is 1.10. The normalized spacial score (nSPS) is 25.8. The summed E-state index contributed by atoms with van der Waals surface area (Å²) in [6, 6.07) is 0. The van der Waals surface area contributed by atoms with Crippen LogP contribution in [0.2, 0.25) is 0 Å². The molecule has 0 amide bonds. The first-order valence-corrected chi connectivity index (χ1v) is 5.89. The smallest absolute Gasteiger partial charge is 0.194 e. The molecule has 0 saturated carbocycles. The highest BCUT2D eigenvalue weighted by Gasteiger charge is 2.34. The minimum Gasteiger partial charge on any atom is -0.351 e. The SMILES string of the molecule is C=C(CC(Cl)(Cl)Cl)C1(Cl)C=CC=C(Cl)N1. The van der Waals surface area contributed by atoms with Crippen molar-refractivity contribution in [3.63, 3.8) is 0 Å². The Morgan fingerprint density at radius 2 is 2.07 bits per heavy atom. The van der Waals surface area contributed by atoms with E-state index in [4.69, 9.17) is 58.0 Å². The quantitative estimate of drug-likeness (QED) is 0.451. The van der Waals surface area contributed by atoms with Gasteiger partial charge in [0, 0.05) is 6.42 Å². The summed E-state index contributed by atoms with van der Waals surface area (Å²) < 4.78 is -1.41. The predicted octanol–water partition coefficient (Wildman–Crippen LogP) is 4.48. The molecule has 0 radical (unpaired) electrons. The van der Waals surface area contributed by atoms with Crippen LogP contribution in [0.5, 0.6) is 0 Å². The molecule has 1 rings (SSSR count). The predicted molar refractivity (Wildman–Crippen MR) is 68.8 cm³/mol. The summed E-state index contributed by atoms with van der Waals surface area (Å²) >= 11 is 29.0. The van der Waals surface area contributed by atoms with Gasteiger partial charge in [0.05, 0.1) is 0 Å². The molecule has 0 bridgehead atoms. The number of dihydropyridines is 1. The van der Waals surface area contributed by atoms with Crippen molar-refractivity contribution in [3.8, 4) is 0 Å². The van der Waals surface area contributed by atoms with Crippen molar-refractivity contribution in [1.29, 1.82) is 0 Å². The van der Waals surface area contributed by atoms with Gasteiger partial charge in [-0.2, -0.15) is 0 Å². The molecule has 0 saturated heterocycles. The van der Waals surface area contributed by atoms with Gasteiger partial charge in [-0.25, -0.2) is 0 Å². The number of rotatable bonds is 2. The van der Waals surface area contributed by atoms with E-state index in [0.29, 0.717) is 10.7 Å². The Kier molecular flexibility index (Phi) is 4.30. The summed E-state index contributed by atoms with van der Waals surface area (Å²) in [4.78, 5) is -0.990. The molecule has 15 heavy (non-hydrogen) atoms. The molecule has 0 aliphatic carbocycles. The lowest BCUT2D eigenvalue weighted by Gasteiger charge is -2.31. The van der Waals surface area contributed by atoms with Gasteiger partial charge in [0.2, 0.25) is 0 Å². The Hall–Kier alpha value is 0.470. The first-order valence-electron chi connectivity index (χ1n) is 4.00. The van der Waals surface area contributed by atoms with Crippen LogP contribution in [-0.2, 0) is 0 Å². The largest absolute Gasteiger partial charge is 0.351 e. The molecule has 0 aromatic heterocycles. The van der Waals surface area contributed by atoms with E-state index in [9.17, 15) is 0 Å². The topological polar surface area (TPSA) is 12.0 Å². The van der Waals surface area contributed by atoms with E-state index >= 15 is 0 Å². The molecule has 1 nitrogen and oxygen atoms in total. The van der Waals surface area contributed by atoms with Gasteiger partial charge in [0.15, 0.2) is 8.79 Å². The molecule has 84 valence electrons. The fraction of sp³-hybridized carbons (Fsp3) is 0.333. The molecule has 1 aliphatic rings. The van der Waals surface area contributed by atoms with Crippen molar-refractivity contribution in [2.75, 3.05) is 0 Å². The highest BCUT2D eigenvalue weighted by molar-refractivity contribution is 6.67. The Balaban J connectivity index is 2.76. The first-order chi connectivity index (χ1) is 6.73. The lowest BCUT2D eigenvalue weighted by molar-refractivity contribution is 0.672. The van der Waals surface area contributed by atoms with E-state index in [1.807, 2.05) is 0 Å². The monoisotopic (exact) mass is 305 g/mol. The molecule has 0 fully saturated rings. The van der Waals surface area contributed by atoms with Crippen molar-refractivity contribution in [2.45, 2.75) is 15.2 Å². The highest BCUT2D eigenvalue weighted by atomic mass is 35.6. The van der Waals surface area contributed by atoms with Gasteiger partial charge in [0.1, 0.15) is 5.16 Å². The molecule has 1 N–H and O–H groups in total. The van der Waals surface area contributed by atoms with Crippen LogP contribution < -0.4 is 5.32 Å². The highest BCUT2D eigenvalue weighted by Crippen LogP contribution is 2.39. The van der Waals surface area contributed by atoms with E-state index in [1.165, 1.54) is 0 Å². The van der Waals surface area contributed by atoms with Crippen LogP contribution >= 0.6 is 58.0 Å². The number of allylic oxidation sites excluding steroid dienone is 2. The summed E-state index contributed by atoms with van der Waals surface area (Å²) in [5.41, 5.74) is 0.534. The maximum atomic E-state index is 6.23. The third-order valence-corrected chi connectivity index (χ3v) is 2.91. The Morgan fingerprint density at radius 3 is 2.53 bits per heavy atom.